The predicted octanol–water partition coefficient (Wildman–Crippen LogP) is 1.88. The Morgan fingerprint density at radius 3 is 2.82 bits per heavy atom. The van der Waals surface area contributed by atoms with Crippen molar-refractivity contribution in [2.24, 2.45) is 5.92 Å². The van der Waals surface area contributed by atoms with Gasteiger partial charge >= 0.3 is 0 Å². The molecule has 1 aromatic carbocycles. The van der Waals surface area contributed by atoms with Crippen molar-refractivity contribution in [1.82, 2.24) is 5.32 Å². The first kappa shape index (κ1) is 14.6. The highest BCUT2D eigenvalue weighted by atomic mass is 16.5. The monoisotopic (exact) mass is 300 g/mol. The van der Waals surface area contributed by atoms with E-state index >= 15 is 0 Å². The minimum Gasteiger partial charge on any atom is -0.477 e. The lowest BCUT2D eigenvalue weighted by molar-refractivity contribution is -0.128. The number of nitrogens with one attached hydrogen (secondary N) is 1. The molecule has 2 unspecified atom stereocenters. The van der Waals surface area contributed by atoms with E-state index in [4.69, 9.17) is 4.74 Å². The summed E-state index contributed by atoms with van der Waals surface area (Å²) >= 11 is 0. The van der Waals surface area contributed by atoms with Crippen LogP contribution in [0.25, 0.3) is 0 Å². The number of ether oxygens (including phenoxy) is 1. The summed E-state index contributed by atoms with van der Waals surface area (Å²) in [7, 11) is 1.57. The molecule has 0 saturated heterocycles. The lowest BCUT2D eigenvalue weighted by Crippen LogP contribution is -2.51. The molecule has 0 fully saturated rings. The molecule has 3 rings (SSSR count). The average Bonchev–Trinajstić information content (AvgIpc) is 2.60. The lowest BCUT2D eigenvalue weighted by atomic mass is 9.92. The molecule has 2 aliphatic rings. The van der Waals surface area contributed by atoms with Crippen LogP contribution in [0, 0.1) is 5.92 Å². The van der Waals surface area contributed by atoms with Crippen LogP contribution in [0.5, 0.6) is 5.75 Å². The van der Waals surface area contributed by atoms with Crippen molar-refractivity contribution < 1.29 is 14.3 Å². The summed E-state index contributed by atoms with van der Waals surface area (Å²) in [5.74, 6) is 0.438. The van der Waals surface area contributed by atoms with Crippen LogP contribution in [0.4, 0.5) is 5.69 Å². The number of carbonyl (C=O) groups is 2. The normalized spacial score (nSPS) is 23.4. The van der Waals surface area contributed by atoms with Gasteiger partial charge in [0.05, 0.1) is 12.2 Å². The zero-order valence-corrected chi connectivity index (χ0v) is 12.6. The van der Waals surface area contributed by atoms with Crippen molar-refractivity contribution in [2.45, 2.75) is 25.4 Å². The maximum atomic E-state index is 12.9. The standard InChI is InChI=1S/C17H20N2O3/c1-18-16(20)15-11-19(13-9-5-6-10-14(13)22-15)17(21)12-7-3-2-4-8-12/h2-3,5-6,9-10,12,15H,4,7-8,11H2,1H3,(H,18,20). The average molecular weight is 300 g/mol. The number of amides is 2. The van der Waals surface area contributed by atoms with E-state index in [0.717, 1.165) is 24.9 Å². The van der Waals surface area contributed by atoms with Gasteiger partial charge in [-0.3, -0.25) is 9.59 Å². The second-order valence-corrected chi connectivity index (χ2v) is 5.62. The van der Waals surface area contributed by atoms with Gasteiger partial charge < -0.3 is 15.0 Å². The highest BCUT2D eigenvalue weighted by Crippen LogP contribution is 2.35. The van der Waals surface area contributed by atoms with Crippen molar-refractivity contribution in [3.63, 3.8) is 0 Å². The first-order valence-electron chi connectivity index (χ1n) is 7.64. The molecule has 0 saturated carbocycles. The molecule has 0 radical (unpaired) electrons. The number of hydrogen-bond donors (Lipinski definition) is 1. The number of rotatable bonds is 2. The highest BCUT2D eigenvalue weighted by Gasteiger charge is 2.35. The first-order valence-corrected chi connectivity index (χ1v) is 7.64. The third-order valence-electron chi connectivity index (χ3n) is 4.20. The SMILES string of the molecule is CNC(=O)C1CN(C(=O)C2CC=CCC2)c2ccccc2O1. The van der Waals surface area contributed by atoms with Gasteiger partial charge in [-0.1, -0.05) is 24.3 Å². The molecule has 0 bridgehead atoms. The van der Waals surface area contributed by atoms with Crippen molar-refractivity contribution in [1.29, 1.82) is 0 Å². The third-order valence-corrected chi connectivity index (χ3v) is 4.20. The quantitative estimate of drug-likeness (QED) is 0.849. The fourth-order valence-corrected chi connectivity index (χ4v) is 2.98. The molecule has 2 amide bonds. The van der Waals surface area contributed by atoms with Crippen LogP contribution in [0.2, 0.25) is 0 Å². The van der Waals surface area contributed by atoms with E-state index in [9.17, 15) is 9.59 Å². The number of hydrogen-bond acceptors (Lipinski definition) is 3. The molecule has 22 heavy (non-hydrogen) atoms. The first-order chi connectivity index (χ1) is 10.7. The fourth-order valence-electron chi connectivity index (χ4n) is 2.98. The van der Waals surface area contributed by atoms with Crippen LogP contribution in [-0.4, -0.2) is 31.5 Å². The molecule has 1 aliphatic heterocycles. The van der Waals surface area contributed by atoms with Crippen LogP contribution in [0.15, 0.2) is 36.4 Å². The minimum atomic E-state index is -0.664. The fraction of sp³-hybridized carbons (Fsp3) is 0.412. The van der Waals surface area contributed by atoms with Crippen LogP contribution < -0.4 is 15.0 Å². The Morgan fingerprint density at radius 1 is 1.27 bits per heavy atom. The molecular formula is C17H20N2O3. The summed E-state index contributed by atoms with van der Waals surface area (Å²) in [6.45, 7) is 0.260. The predicted molar refractivity (Wildman–Crippen MR) is 83.8 cm³/mol. The molecule has 5 heteroatoms. The molecule has 0 spiro atoms. The molecular weight excluding hydrogens is 280 g/mol. The van der Waals surface area contributed by atoms with Gasteiger partial charge in [-0.25, -0.2) is 0 Å². The van der Waals surface area contributed by atoms with Gasteiger partial charge in [0.25, 0.3) is 5.91 Å². The summed E-state index contributed by atoms with van der Waals surface area (Å²) in [6.07, 6.45) is 6.07. The van der Waals surface area contributed by atoms with E-state index in [1.54, 1.807) is 18.0 Å². The Balaban J connectivity index is 1.89. The molecule has 5 nitrogen and oxygen atoms in total. The number of nitrogens with zero attached hydrogens (tertiary/aromatic N) is 1. The molecule has 1 heterocycles. The second-order valence-electron chi connectivity index (χ2n) is 5.62. The minimum absolute atomic E-state index is 0.0125. The summed E-state index contributed by atoms with van der Waals surface area (Å²) in [4.78, 5) is 26.5. The van der Waals surface area contributed by atoms with Crippen molar-refractivity contribution in [3.05, 3.63) is 36.4 Å². The number of anilines is 1. The van der Waals surface area contributed by atoms with E-state index in [0.29, 0.717) is 5.75 Å². The number of benzene rings is 1. The second kappa shape index (κ2) is 6.22. The molecule has 1 aliphatic carbocycles. The Morgan fingerprint density at radius 2 is 2.09 bits per heavy atom. The molecule has 116 valence electrons. The van der Waals surface area contributed by atoms with Gasteiger partial charge in [-0.15, -0.1) is 0 Å². The number of carbonyl (C=O) groups excluding carboxylic acids is 2. The van der Waals surface area contributed by atoms with E-state index in [-0.39, 0.29) is 24.3 Å². The van der Waals surface area contributed by atoms with Crippen LogP contribution in [0.1, 0.15) is 19.3 Å². The third kappa shape index (κ3) is 2.71. The number of para-hydroxylation sites is 2. The Hall–Kier alpha value is -2.30. The van der Waals surface area contributed by atoms with Crippen LogP contribution in [0.3, 0.4) is 0 Å². The number of fused-ring (bicyclic) bond motifs is 1. The van der Waals surface area contributed by atoms with Gasteiger partial charge in [0.1, 0.15) is 5.75 Å². The summed E-state index contributed by atoms with van der Waals surface area (Å²) < 4.78 is 5.73. The largest absolute Gasteiger partial charge is 0.477 e. The smallest absolute Gasteiger partial charge is 0.262 e. The zero-order valence-electron chi connectivity index (χ0n) is 12.6. The summed E-state index contributed by atoms with van der Waals surface area (Å²) in [5.41, 5.74) is 0.752. The maximum absolute atomic E-state index is 12.9. The van der Waals surface area contributed by atoms with E-state index in [2.05, 4.69) is 17.5 Å². The van der Waals surface area contributed by atoms with Crippen molar-refractivity contribution >= 4 is 17.5 Å². The van der Waals surface area contributed by atoms with E-state index in [1.807, 2.05) is 18.2 Å². The van der Waals surface area contributed by atoms with Gasteiger partial charge in [0, 0.05) is 13.0 Å². The zero-order chi connectivity index (χ0) is 15.5. The number of likely N-dealkylation sites (N-methyl/N-ethyl adjacent to an activating group) is 1. The van der Waals surface area contributed by atoms with E-state index < -0.39 is 6.10 Å². The lowest BCUT2D eigenvalue weighted by Gasteiger charge is -2.36. The summed E-state index contributed by atoms with van der Waals surface area (Å²) in [6, 6.07) is 7.39. The Bertz CT molecular complexity index is 612. The van der Waals surface area contributed by atoms with Crippen molar-refractivity contribution in [2.75, 3.05) is 18.5 Å². The number of allylic oxidation sites excluding steroid dienone is 2. The van der Waals surface area contributed by atoms with Crippen molar-refractivity contribution in [3.8, 4) is 5.75 Å². The maximum Gasteiger partial charge on any atom is 0.262 e. The summed E-state index contributed by atoms with van der Waals surface area (Å²) in [5, 5.41) is 2.59. The Kier molecular flexibility index (Phi) is 4.13. The van der Waals surface area contributed by atoms with Crippen LogP contribution >= 0.6 is 0 Å². The van der Waals surface area contributed by atoms with Gasteiger partial charge in [0.2, 0.25) is 5.91 Å². The topological polar surface area (TPSA) is 58.6 Å². The van der Waals surface area contributed by atoms with Gasteiger partial charge in [-0.05, 0) is 31.4 Å². The molecule has 1 N–H and O–H groups in total. The highest BCUT2D eigenvalue weighted by molar-refractivity contribution is 5.98. The molecule has 1 aromatic rings. The van der Waals surface area contributed by atoms with Crippen LogP contribution in [-0.2, 0) is 9.59 Å². The van der Waals surface area contributed by atoms with E-state index in [1.165, 1.54) is 0 Å². The molecule has 2 atom stereocenters. The van der Waals surface area contributed by atoms with Gasteiger partial charge in [-0.2, -0.15) is 0 Å². The van der Waals surface area contributed by atoms with Gasteiger partial charge in [0.15, 0.2) is 6.10 Å². The Labute approximate surface area is 129 Å². The molecule has 0 aromatic heterocycles.